The summed E-state index contributed by atoms with van der Waals surface area (Å²) in [6, 6.07) is 15.6. The van der Waals surface area contributed by atoms with E-state index < -0.39 is 10.0 Å². The summed E-state index contributed by atoms with van der Waals surface area (Å²) in [4.78, 5) is 4.30. The van der Waals surface area contributed by atoms with E-state index in [4.69, 9.17) is 9.66 Å². The number of para-hydroxylation sites is 1. The zero-order chi connectivity index (χ0) is 16.3. The van der Waals surface area contributed by atoms with E-state index in [9.17, 15) is 8.42 Å². The molecule has 0 spiro atoms. The fraction of sp³-hybridized carbons (Fsp3) is 0.0667. The first-order valence-corrected chi connectivity index (χ1v) is 8.32. The maximum Gasteiger partial charge on any atom is 0.246 e. The fourth-order valence-electron chi connectivity index (χ4n) is 1.97. The van der Waals surface area contributed by atoms with Crippen molar-refractivity contribution < 1.29 is 12.9 Å². The molecule has 0 aliphatic rings. The molecule has 2 aromatic carbocycles. The molecule has 3 N–H and O–H groups in total. The zero-order valence-corrected chi connectivity index (χ0v) is 12.8. The molecule has 0 saturated carbocycles. The van der Waals surface area contributed by atoms with E-state index in [1.807, 2.05) is 30.3 Å². The first-order chi connectivity index (χ1) is 11.0. The summed E-state index contributed by atoms with van der Waals surface area (Å²) in [6.07, 6.45) is 0. The highest BCUT2D eigenvalue weighted by Crippen LogP contribution is 2.18. The summed E-state index contributed by atoms with van der Waals surface area (Å²) in [7, 11) is -3.71. The molecule has 118 valence electrons. The Morgan fingerprint density at radius 1 is 1.04 bits per heavy atom. The number of anilines is 1. The molecule has 23 heavy (non-hydrogen) atoms. The van der Waals surface area contributed by atoms with Gasteiger partial charge < -0.3 is 9.84 Å². The van der Waals surface area contributed by atoms with Crippen LogP contribution in [0.1, 0.15) is 5.89 Å². The zero-order valence-electron chi connectivity index (χ0n) is 12.0. The van der Waals surface area contributed by atoms with Gasteiger partial charge in [0, 0.05) is 11.3 Å². The molecular weight excluding hydrogens is 316 g/mol. The molecule has 0 aliphatic carbocycles. The predicted octanol–water partition coefficient (Wildman–Crippen LogP) is 2.00. The number of hydrogen-bond acceptors (Lipinski definition) is 6. The molecular formula is C15H14N4O3S. The van der Waals surface area contributed by atoms with Crippen LogP contribution in [-0.4, -0.2) is 18.6 Å². The van der Waals surface area contributed by atoms with Crippen molar-refractivity contribution in [3.63, 3.8) is 0 Å². The van der Waals surface area contributed by atoms with E-state index in [-0.39, 0.29) is 4.90 Å². The minimum absolute atomic E-state index is 0.0377. The van der Waals surface area contributed by atoms with Crippen LogP contribution in [-0.2, 0) is 16.6 Å². The summed E-state index contributed by atoms with van der Waals surface area (Å²) < 4.78 is 27.6. The second-order valence-corrected chi connectivity index (χ2v) is 6.36. The molecule has 3 aromatic rings. The van der Waals surface area contributed by atoms with Gasteiger partial charge in [0.15, 0.2) is 0 Å². The van der Waals surface area contributed by atoms with Gasteiger partial charge in [-0.1, -0.05) is 23.4 Å². The number of nitrogens with one attached hydrogen (secondary N) is 1. The molecule has 0 aliphatic heterocycles. The van der Waals surface area contributed by atoms with Gasteiger partial charge in [-0.05, 0) is 36.4 Å². The number of rotatable bonds is 5. The highest BCUT2D eigenvalue weighted by Gasteiger charge is 2.11. The monoisotopic (exact) mass is 330 g/mol. The standard InChI is InChI=1S/C15H14N4O3S/c16-23(20,21)13-8-6-11(7-9-13)15-18-14(22-19-15)10-17-12-4-2-1-3-5-12/h1-9,17H,10H2,(H2,16,20,21). The molecule has 0 atom stereocenters. The quantitative estimate of drug-likeness (QED) is 0.740. The lowest BCUT2D eigenvalue weighted by molar-refractivity contribution is 0.384. The molecule has 3 rings (SSSR count). The number of nitrogens with zero attached hydrogens (tertiary/aromatic N) is 2. The number of sulfonamides is 1. The van der Waals surface area contributed by atoms with Crippen LogP contribution in [0, 0.1) is 0 Å². The van der Waals surface area contributed by atoms with Crippen LogP contribution in [0.25, 0.3) is 11.4 Å². The van der Waals surface area contributed by atoms with Gasteiger partial charge in [0.05, 0.1) is 11.4 Å². The number of nitrogens with two attached hydrogens (primary N) is 1. The molecule has 1 heterocycles. The van der Waals surface area contributed by atoms with Crippen LogP contribution < -0.4 is 10.5 Å². The van der Waals surface area contributed by atoms with Crippen molar-refractivity contribution >= 4 is 15.7 Å². The molecule has 7 nitrogen and oxygen atoms in total. The first-order valence-electron chi connectivity index (χ1n) is 6.77. The third kappa shape index (κ3) is 3.74. The maximum absolute atomic E-state index is 11.2. The molecule has 0 radical (unpaired) electrons. The minimum Gasteiger partial charge on any atom is -0.376 e. The van der Waals surface area contributed by atoms with Gasteiger partial charge in [-0.2, -0.15) is 4.98 Å². The Hall–Kier alpha value is -2.71. The number of primary sulfonamides is 1. The topological polar surface area (TPSA) is 111 Å². The lowest BCUT2D eigenvalue weighted by atomic mass is 10.2. The predicted molar refractivity (Wildman–Crippen MR) is 84.9 cm³/mol. The summed E-state index contributed by atoms with van der Waals surface area (Å²) in [5.41, 5.74) is 1.59. The number of aromatic nitrogens is 2. The van der Waals surface area contributed by atoms with E-state index in [0.29, 0.717) is 23.8 Å². The van der Waals surface area contributed by atoms with Gasteiger partial charge in [0.25, 0.3) is 0 Å². The Morgan fingerprint density at radius 3 is 2.39 bits per heavy atom. The molecule has 8 heteroatoms. The van der Waals surface area contributed by atoms with Crippen molar-refractivity contribution in [2.24, 2.45) is 5.14 Å². The Balaban J connectivity index is 1.71. The van der Waals surface area contributed by atoms with E-state index >= 15 is 0 Å². The molecule has 0 saturated heterocycles. The van der Waals surface area contributed by atoms with Crippen LogP contribution in [0.2, 0.25) is 0 Å². The average molecular weight is 330 g/mol. The van der Waals surface area contributed by atoms with Crippen molar-refractivity contribution in [3.05, 3.63) is 60.5 Å². The van der Waals surface area contributed by atoms with Crippen molar-refractivity contribution in [1.29, 1.82) is 0 Å². The van der Waals surface area contributed by atoms with Crippen LogP contribution in [0.5, 0.6) is 0 Å². The average Bonchev–Trinajstić information content (AvgIpc) is 3.02. The second-order valence-electron chi connectivity index (χ2n) is 4.80. The summed E-state index contributed by atoms with van der Waals surface area (Å²) >= 11 is 0. The molecule has 0 bridgehead atoms. The smallest absolute Gasteiger partial charge is 0.246 e. The Morgan fingerprint density at radius 2 is 1.74 bits per heavy atom. The molecule has 0 unspecified atom stereocenters. The van der Waals surface area contributed by atoms with Crippen molar-refractivity contribution in [2.75, 3.05) is 5.32 Å². The fourth-order valence-corrected chi connectivity index (χ4v) is 2.49. The third-order valence-electron chi connectivity index (χ3n) is 3.13. The Kier molecular flexibility index (Phi) is 4.09. The summed E-state index contributed by atoms with van der Waals surface area (Å²) in [5.74, 6) is 0.815. The van der Waals surface area contributed by atoms with Crippen LogP contribution in [0.3, 0.4) is 0 Å². The van der Waals surface area contributed by atoms with E-state index in [1.54, 1.807) is 12.1 Å². The van der Waals surface area contributed by atoms with E-state index in [0.717, 1.165) is 5.69 Å². The number of benzene rings is 2. The normalized spacial score (nSPS) is 11.3. The van der Waals surface area contributed by atoms with Gasteiger partial charge in [0.1, 0.15) is 0 Å². The van der Waals surface area contributed by atoms with Crippen LogP contribution >= 0.6 is 0 Å². The maximum atomic E-state index is 11.2. The summed E-state index contributed by atoms with van der Waals surface area (Å²) in [5, 5.41) is 12.1. The Labute approximate surface area is 133 Å². The van der Waals surface area contributed by atoms with E-state index in [1.165, 1.54) is 12.1 Å². The van der Waals surface area contributed by atoms with Crippen LogP contribution in [0.15, 0.2) is 64.0 Å². The third-order valence-corrected chi connectivity index (χ3v) is 4.06. The second kappa shape index (κ2) is 6.19. The van der Waals surface area contributed by atoms with E-state index in [2.05, 4.69) is 15.5 Å². The number of hydrogen-bond donors (Lipinski definition) is 2. The lowest BCUT2D eigenvalue weighted by Gasteiger charge is -2.01. The largest absolute Gasteiger partial charge is 0.376 e. The lowest BCUT2D eigenvalue weighted by Crippen LogP contribution is -2.11. The van der Waals surface area contributed by atoms with Crippen molar-refractivity contribution in [3.8, 4) is 11.4 Å². The molecule has 0 amide bonds. The van der Waals surface area contributed by atoms with Gasteiger partial charge in [-0.25, -0.2) is 13.6 Å². The summed E-state index contributed by atoms with van der Waals surface area (Å²) in [6.45, 7) is 0.395. The van der Waals surface area contributed by atoms with Gasteiger partial charge in [0.2, 0.25) is 21.7 Å². The minimum atomic E-state index is -3.71. The SMILES string of the molecule is NS(=O)(=O)c1ccc(-c2noc(CNc3ccccc3)n2)cc1. The first kappa shape index (κ1) is 15.2. The van der Waals surface area contributed by atoms with Crippen molar-refractivity contribution in [1.82, 2.24) is 10.1 Å². The van der Waals surface area contributed by atoms with Crippen LogP contribution in [0.4, 0.5) is 5.69 Å². The van der Waals surface area contributed by atoms with Crippen molar-refractivity contribution in [2.45, 2.75) is 11.4 Å². The highest BCUT2D eigenvalue weighted by molar-refractivity contribution is 7.89. The van der Waals surface area contributed by atoms with Gasteiger partial charge >= 0.3 is 0 Å². The molecule has 0 fully saturated rings. The van der Waals surface area contributed by atoms with Gasteiger partial charge in [-0.15, -0.1) is 0 Å². The highest BCUT2D eigenvalue weighted by atomic mass is 32.2. The Bertz CT molecular complexity index is 890. The molecule has 1 aromatic heterocycles. The van der Waals surface area contributed by atoms with Gasteiger partial charge in [-0.3, -0.25) is 0 Å².